The van der Waals surface area contributed by atoms with Gasteiger partial charge in [-0.25, -0.2) is 0 Å². The second-order valence-electron chi connectivity index (χ2n) is 2.36. The first-order chi connectivity index (χ1) is 5.70. The van der Waals surface area contributed by atoms with Crippen LogP contribution in [0.4, 0.5) is 0 Å². The van der Waals surface area contributed by atoms with Crippen LogP contribution in [0.15, 0.2) is 17.5 Å². The van der Waals surface area contributed by atoms with E-state index < -0.39 is 0 Å². The first-order valence-electron chi connectivity index (χ1n) is 3.24. The van der Waals surface area contributed by atoms with Crippen LogP contribution in [0.1, 0.15) is 0 Å². The van der Waals surface area contributed by atoms with Crippen molar-refractivity contribution in [3.8, 4) is 5.75 Å². The predicted molar refractivity (Wildman–Crippen MR) is 61.2 cm³/mol. The normalized spacial score (nSPS) is 10.8. The van der Waals surface area contributed by atoms with E-state index in [2.05, 4.69) is 22.6 Å². The molecule has 1 aromatic carbocycles. The molecule has 0 bridgehead atoms. The fourth-order valence-corrected chi connectivity index (χ4v) is 2.96. The van der Waals surface area contributed by atoms with Crippen molar-refractivity contribution in [3.05, 3.63) is 26.1 Å². The van der Waals surface area contributed by atoms with E-state index in [0.717, 1.165) is 18.7 Å². The van der Waals surface area contributed by atoms with Crippen molar-refractivity contribution in [1.29, 1.82) is 0 Å². The summed E-state index contributed by atoms with van der Waals surface area (Å²) in [7, 11) is 0. The maximum atomic E-state index is 9.39. The molecule has 62 valence electrons. The van der Waals surface area contributed by atoms with Gasteiger partial charge in [0.1, 0.15) is 5.75 Å². The van der Waals surface area contributed by atoms with E-state index in [1.54, 1.807) is 11.4 Å². The van der Waals surface area contributed by atoms with Crippen LogP contribution in [0.3, 0.4) is 0 Å². The van der Waals surface area contributed by atoms with Gasteiger partial charge in [0.25, 0.3) is 0 Å². The number of aromatic hydroxyl groups is 1. The molecule has 0 spiro atoms. The van der Waals surface area contributed by atoms with Crippen LogP contribution in [-0.4, -0.2) is 5.11 Å². The van der Waals surface area contributed by atoms with Gasteiger partial charge in [-0.3, -0.25) is 0 Å². The number of hydrogen-bond donors (Lipinski definition) is 1. The van der Waals surface area contributed by atoms with Crippen molar-refractivity contribution < 1.29 is 5.11 Å². The van der Waals surface area contributed by atoms with Crippen molar-refractivity contribution in [2.45, 2.75) is 0 Å². The topological polar surface area (TPSA) is 20.2 Å². The number of fused-ring (bicyclic) bond motifs is 1. The summed E-state index contributed by atoms with van der Waals surface area (Å²) in [4.78, 5) is 0. The van der Waals surface area contributed by atoms with E-state index in [9.17, 15) is 5.11 Å². The van der Waals surface area contributed by atoms with Gasteiger partial charge in [-0.05, 0) is 34.7 Å². The molecule has 0 aliphatic carbocycles. The average molecular weight is 311 g/mol. The summed E-state index contributed by atoms with van der Waals surface area (Å²) in [5, 5.41) is 12.7. The highest BCUT2D eigenvalue weighted by molar-refractivity contribution is 14.1. The van der Waals surface area contributed by atoms with Gasteiger partial charge in [-0.1, -0.05) is 11.6 Å². The highest BCUT2D eigenvalue weighted by Gasteiger charge is 2.07. The lowest BCUT2D eigenvalue weighted by Gasteiger charge is -1.96. The summed E-state index contributed by atoms with van der Waals surface area (Å²) < 4.78 is 2.07. The largest absolute Gasteiger partial charge is 0.506 e. The van der Waals surface area contributed by atoms with Gasteiger partial charge in [-0.2, -0.15) is 0 Å². The van der Waals surface area contributed by atoms with E-state index >= 15 is 0 Å². The molecule has 0 aliphatic heterocycles. The zero-order valence-corrected chi connectivity index (χ0v) is 9.57. The maximum absolute atomic E-state index is 9.39. The SMILES string of the molecule is Oc1csc2c(I)c(Cl)ccc12. The van der Waals surface area contributed by atoms with Crippen LogP contribution in [0.2, 0.25) is 5.02 Å². The molecule has 2 rings (SSSR count). The number of hydrogen-bond acceptors (Lipinski definition) is 2. The summed E-state index contributed by atoms with van der Waals surface area (Å²) in [6, 6.07) is 3.64. The van der Waals surface area contributed by atoms with Gasteiger partial charge >= 0.3 is 0 Å². The molecule has 0 unspecified atom stereocenters. The third kappa shape index (κ3) is 1.20. The van der Waals surface area contributed by atoms with E-state index in [4.69, 9.17) is 11.6 Å². The van der Waals surface area contributed by atoms with Gasteiger partial charge in [-0.15, -0.1) is 11.3 Å². The second kappa shape index (κ2) is 3.05. The number of halogens is 2. The van der Waals surface area contributed by atoms with E-state index in [1.165, 1.54) is 11.3 Å². The molecule has 0 amide bonds. The number of thiophene rings is 1. The summed E-state index contributed by atoms with van der Waals surface area (Å²) >= 11 is 9.61. The van der Waals surface area contributed by atoms with Crippen molar-refractivity contribution >= 4 is 55.6 Å². The van der Waals surface area contributed by atoms with E-state index in [1.807, 2.05) is 6.07 Å². The minimum absolute atomic E-state index is 0.338. The molecule has 12 heavy (non-hydrogen) atoms. The third-order valence-electron chi connectivity index (χ3n) is 1.61. The molecule has 1 nitrogen and oxygen atoms in total. The first-order valence-corrected chi connectivity index (χ1v) is 5.58. The summed E-state index contributed by atoms with van der Waals surface area (Å²) in [5.74, 6) is 0.338. The Kier molecular flexibility index (Phi) is 2.18. The molecule has 2 aromatic rings. The molecular weight excluding hydrogens is 307 g/mol. The highest BCUT2D eigenvalue weighted by Crippen LogP contribution is 2.37. The zero-order chi connectivity index (χ0) is 8.72. The van der Waals surface area contributed by atoms with Gasteiger partial charge in [0.15, 0.2) is 0 Å². The summed E-state index contributed by atoms with van der Waals surface area (Å²) in [5.41, 5.74) is 0. The van der Waals surface area contributed by atoms with Crippen LogP contribution in [-0.2, 0) is 0 Å². The molecule has 0 fully saturated rings. The third-order valence-corrected chi connectivity index (χ3v) is 4.74. The molecule has 0 aliphatic rings. The highest BCUT2D eigenvalue weighted by atomic mass is 127. The predicted octanol–water partition coefficient (Wildman–Crippen LogP) is 3.86. The summed E-state index contributed by atoms with van der Waals surface area (Å²) in [6.45, 7) is 0. The van der Waals surface area contributed by atoms with E-state index in [0.29, 0.717) is 5.75 Å². The van der Waals surface area contributed by atoms with Crippen molar-refractivity contribution in [3.63, 3.8) is 0 Å². The molecule has 0 saturated carbocycles. The molecule has 1 N–H and O–H groups in total. The van der Waals surface area contributed by atoms with Gasteiger partial charge in [0, 0.05) is 14.3 Å². The fraction of sp³-hybridized carbons (Fsp3) is 0. The first kappa shape index (κ1) is 8.59. The fourth-order valence-electron chi connectivity index (χ4n) is 1.03. The molecule has 0 atom stereocenters. The lowest BCUT2D eigenvalue weighted by molar-refractivity contribution is 0.483. The average Bonchev–Trinajstić information content (AvgIpc) is 2.41. The minimum Gasteiger partial charge on any atom is -0.506 e. The van der Waals surface area contributed by atoms with Crippen LogP contribution in [0.25, 0.3) is 10.1 Å². The Bertz CT molecular complexity index is 438. The quantitative estimate of drug-likeness (QED) is 0.733. The van der Waals surface area contributed by atoms with Gasteiger partial charge in [0.2, 0.25) is 0 Å². The van der Waals surface area contributed by atoms with Crippen molar-refractivity contribution in [2.75, 3.05) is 0 Å². The lowest BCUT2D eigenvalue weighted by Crippen LogP contribution is -1.73. The standard InChI is InChI=1S/C8H4ClIOS/c9-5-2-1-4-6(11)3-12-8(4)7(5)10/h1-3,11H. The van der Waals surface area contributed by atoms with Crippen LogP contribution >= 0.6 is 45.5 Å². The molecule has 0 saturated heterocycles. The minimum atomic E-state index is 0.338. The maximum Gasteiger partial charge on any atom is 0.134 e. The van der Waals surface area contributed by atoms with E-state index in [-0.39, 0.29) is 0 Å². The molecule has 1 aromatic heterocycles. The molecular formula is C8H4ClIOS. The molecule has 1 heterocycles. The van der Waals surface area contributed by atoms with Crippen LogP contribution in [0.5, 0.6) is 5.75 Å². The lowest BCUT2D eigenvalue weighted by atomic mass is 10.2. The van der Waals surface area contributed by atoms with Gasteiger partial charge in [0.05, 0.1) is 9.72 Å². The molecule has 4 heteroatoms. The monoisotopic (exact) mass is 310 g/mol. The Balaban J connectivity index is 2.93. The Morgan fingerprint density at radius 3 is 2.92 bits per heavy atom. The Morgan fingerprint density at radius 2 is 2.17 bits per heavy atom. The Labute approximate surface area is 92.1 Å². The Morgan fingerprint density at radius 1 is 1.42 bits per heavy atom. The van der Waals surface area contributed by atoms with Gasteiger partial charge < -0.3 is 5.11 Å². The van der Waals surface area contributed by atoms with Crippen molar-refractivity contribution in [2.24, 2.45) is 0 Å². The molecule has 0 radical (unpaired) electrons. The zero-order valence-electron chi connectivity index (χ0n) is 5.84. The second-order valence-corrected chi connectivity index (χ2v) is 4.72. The number of benzene rings is 1. The number of rotatable bonds is 0. The smallest absolute Gasteiger partial charge is 0.134 e. The van der Waals surface area contributed by atoms with Crippen molar-refractivity contribution in [1.82, 2.24) is 0 Å². The Hall–Kier alpha value is -0.0000000000000000555. The van der Waals surface area contributed by atoms with Crippen LogP contribution < -0.4 is 0 Å². The summed E-state index contributed by atoms with van der Waals surface area (Å²) in [6.07, 6.45) is 0. The van der Waals surface area contributed by atoms with Crippen LogP contribution in [0, 0.1) is 3.57 Å².